The highest BCUT2D eigenvalue weighted by Crippen LogP contribution is 2.31. The Morgan fingerprint density at radius 1 is 1.09 bits per heavy atom. The van der Waals surface area contributed by atoms with Crippen LogP contribution in [0.4, 0.5) is 11.5 Å². The van der Waals surface area contributed by atoms with Gasteiger partial charge >= 0.3 is 0 Å². The zero-order chi connectivity index (χ0) is 23.0. The van der Waals surface area contributed by atoms with Gasteiger partial charge < -0.3 is 10.2 Å². The second-order valence-electron chi connectivity index (χ2n) is 7.94. The van der Waals surface area contributed by atoms with E-state index in [4.69, 9.17) is 4.98 Å². The number of nitrogens with zero attached hydrogens (tertiary/aromatic N) is 4. The van der Waals surface area contributed by atoms with Crippen molar-refractivity contribution in [3.8, 4) is 0 Å². The molecule has 1 amide bonds. The summed E-state index contributed by atoms with van der Waals surface area (Å²) in [7, 11) is -3.39. The molecule has 0 fully saturated rings. The second kappa shape index (κ2) is 8.25. The molecule has 0 aliphatic carbocycles. The quantitative estimate of drug-likeness (QED) is 0.501. The van der Waals surface area contributed by atoms with Crippen molar-refractivity contribution in [3.63, 3.8) is 0 Å². The zero-order valence-corrected chi connectivity index (χ0v) is 18.7. The molecular formula is C24H21N5O3S. The minimum absolute atomic E-state index is 0.0150. The zero-order valence-electron chi connectivity index (χ0n) is 17.9. The molecule has 166 valence electrons. The van der Waals surface area contributed by atoms with Crippen LogP contribution in [-0.2, 0) is 16.4 Å². The van der Waals surface area contributed by atoms with E-state index in [0.29, 0.717) is 35.0 Å². The molecule has 33 heavy (non-hydrogen) atoms. The van der Waals surface area contributed by atoms with Crippen LogP contribution in [-0.4, -0.2) is 41.6 Å². The van der Waals surface area contributed by atoms with Crippen molar-refractivity contribution in [3.05, 3.63) is 83.9 Å². The van der Waals surface area contributed by atoms with Crippen molar-refractivity contribution < 1.29 is 13.2 Å². The number of rotatable bonds is 3. The first-order valence-electron chi connectivity index (χ1n) is 10.5. The molecule has 0 bridgehead atoms. The molecule has 1 N–H and O–H groups in total. The van der Waals surface area contributed by atoms with Crippen molar-refractivity contribution >= 4 is 38.2 Å². The van der Waals surface area contributed by atoms with Crippen LogP contribution in [0, 0.1) is 6.92 Å². The first-order chi connectivity index (χ1) is 15.9. The van der Waals surface area contributed by atoms with Crippen LogP contribution in [0.3, 0.4) is 0 Å². The number of fused-ring (bicyclic) bond motifs is 2. The van der Waals surface area contributed by atoms with Gasteiger partial charge in [0.25, 0.3) is 5.91 Å². The van der Waals surface area contributed by atoms with E-state index < -0.39 is 9.84 Å². The van der Waals surface area contributed by atoms with Gasteiger partial charge in [0.15, 0.2) is 9.84 Å². The van der Waals surface area contributed by atoms with Crippen LogP contribution in [0.25, 0.3) is 10.9 Å². The third-order valence-electron chi connectivity index (χ3n) is 5.62. The Kier molecular flexibility index (Phi) is 5.26. The van der Waals surface area contributed by atoms with Gasteiger partial charge in [0, 0.05) is 36.9 Å². The second-order valence-corrected chi connectivity index (χ2v) is 10.0. The number of carbonyl (C=O) groups excluding carboxylic acids is 1. The van der Waals surface area contributed by atoms with Gasteiger partial charge in [0.2, 0.25) is 0 Å². The predicted octanol–water partition coefficient (Wildman–Crippen LogP) is 3.38. The smallest absolute Gasteiger partial charge is 0.275 e. The molecule has 3 heterocycles. The Hall–Kier alpha value is -3.85. The van der Waals surface area contributed by atoms with Gasteiger partial charge in [0.1, 0.15) is 11.5 Å². The van der Waals surface area contributed by atoms with E-state index in [2.05, 4.69) is 15.3 Å². The van der Waals surface area contributed by atoms with Gasteiger partial charge in [0.05, 0.1) is 28.0 Å². The van der Waals surface area contributed by atoms with Crippen LogP contribution in [0.2, 0.25) is 0 Å². The highest BCUT2D eigenvalue weighted by atomic mass is 32.2. The molecule has 0 saturated heterocycles. The minimum Gasteiger partial charge on any atom is -0.351 e. The molecule has 1 aliphatic heterocycles. The summed E-state index contributed by atoms with van der Waals surface area (Å²) < 4.78 is 25.5. The highest BCUT2D eigenvalue weighted by Gasteiger charge is 2.26. The molecule has 0 spiro atoms. The molecule has 0 atom stereocenters. The summed E-state index contributed by atoms with van der Waals surface area (Å²) in [4.78, 5) is 27.9. The number of nitrogens with one attached hydrogen (secondary N) is 1. The standard InChI is InChI=1S/C24H21N5O3S/c1-16-6-7-19-18(12-16)20(28-24(30)21-14-25-8-9-26-21)13-23(27-19)29-10-11-33(31,32)22-5-3-2-4-17(22)15-29/h2-9,12-14H,10-11,15H2,1H3,(H,27,28,30). The maximum atomic E-state index is 12.8. The van der Waals surface area contributed by atoms with Crippen molar-refractivity contribution in [1.29, 1.82) is 0 Å². The first-order valence-corrected chi connectivity index (χ1v) is 12.1. The summed E-state index contributed by atoms with van der Waals surface area (Å²) >= 11 is 0. The summed E-state index contributed by atoms with van der Waals surface area (Å²) in [6, 6.07) is 14.6. The number of aromatic nitrogens is 3. The predicted molar refractivity (Wildman–Crippen MR) is 126 cm³/mol. The number of pyridine rings is 1. The number of amides is 1. The number of carbonyl (C=O) groups is 1. The van der Waals surface area contributed by atoms with E-state index in [0.717, 1.165) is 16.5 Å². The van der Waals surface area contributed by atoms with Crippen molar-refractivity contribution in [1.82, 2.24) is 15.0 Å². The van der Waals surface area contributed by atoms with E-state index in [1.165, 1.54) is 18.6 Å². The van der Waals surface area contributed by atoms with Crippen molar-refractivity contribution in [2.24, 2.45) is 0 Å². The summed E-state index contributed by atoms with van der Waals surface area (Å²) in [5.41, 5.74) is 3.24. The summed E-state index contributed by atoms with van der Waals surface area (Å²) in [6.45, 7) is 2.66. The van der Waals surface area contributed by atoms with Crippen LogP contribution in [0.15, 0.2) is 72.0 Å². The molecule has 1 aliphatic rings. The summed E-state index contributed by atoms with van der Waals surface area (Å²) in [6.07, 6.45) is 4.37. The minimum atomic E-state index is -3.39. The maximum Gasteiger partial charge on any atom is 0.275 e. The number of sulfone groups is 1. The van der Waals surface area contributed by atoms with E-state index in [1.54, 1.807) is 18.2 Å². The highest BCUT2D eigenvalue weighted by molar-refractivity contribution is 7.91. The monoisotopic (exact) mass is 459 g/mol. The largest absolute Gasteiger partial charge is 0.351 e. The van der Waals surface area contributed by atoms with Crippen LogP contribution < -0.4 is 10.2 Å². The first kappa shape index (κ1) is 21.0. The lowest BCUT2D eigenvalue weighted by atomic mass is 10.1. The average Bonchev–Trinajstić information content (AvgIpc) is 2.96. The molecule has 9 heteroatoms. The Bertz CT molecular complexity index is 1470. The van der Waals surface area contributed by atoms with Crippen LogP contribution in [0.5, 0.6) is 0 Å². The van der Waals surface area contributed by atoms with E-state index in [1.807, 2.05) is 42.2 Å². The lowest BCUT2D eigenvalue weighted by Crippen LogP contribution is -2.26. The SMILES string of the molecule is Cc1ccc2nc(N3CCS(=O)(=O)c4ccccc4C3)cc(NC(=O)c3cnccn3)c2c1. The van der Waals surface area contributed by atoms with E-state index in [9.17, 15) is 13.2 Å². The number of aryl methyl sites for hydroxylation is 1. The molecule has 2 aromatic heterocycles. The summed E-state index contributed by atoms with van der Waals surface area (Å²) in [5.74, 6) is 0.193. The average molecular weight is 460 g/mol. The molecule has 2 aromatic carbocycles. The lowest BCUT2D eigenvalue weighted by molar-refractivity contribution is 0.102. The molecule has 0 unspecified atom stereocenters. The summed E-state index contributed by atoms with van der Waals surface area (Å²) in [5, 5.41) is 3.72. The molecule has 8 nitrogen and oxygen atoms in total. The fraction of sp³-hybridized carbons (Fsp3) is 0.167. The number of hydrogen-bond acceptors (Lipinski definition) is 7. The lowest BCUT2D eigenvalue weighted by Gasteiger charge is -2.23. The van der Waals surface area contributed by atoms with Crippen LogP contribution >= 0.6 is 0 Å². The number of hydrogen-bond donors (Lipinski definition) is 1. The van der Waals surface area contributed by atoms with E-state index in [-0.39, 0.29) is 17.4 Å². The maximum absolute atomic E-state index is 12.8. The van der Waals surface area contributed by atoms with Gasteiger partial charge in [-0.3, -0.25) is 9.78 Å². The van der Waals surface area contributed by atoms with Gasteiger partial charge in [-0.15, -0.1) is 0 Å². The Balaban J connectivity index is 1.58. The fourth-order valence-corrected chi connectivity index (χ4v) is 5.45. The Labute approximate surface area is 191 Å². The molecule has 4 aromatic rings. The van der Waals surface area contributed by atoms with Gasteiger partial charge in [-0.2, -0.15) is 0 Å². The van der Waals surface area contributed by atoms with E-state index >= 15 is 0 Å². The van der Waals surface area contributed by atoms with Gasteiger partial charge in [-0.05, 0) is 30.7 Å². The van der Waals surface area contributed by atoms with Crippen molar-refractivity contribution in [2.45, 2.75) is 18.4 Å². The third-order valence-corrected chi connectivity index (χ3v) is 7.41. The number of benzene rings is 2. The van der Waals surface area contributed by atoms with Crippen molar-refractivity contribution in [2.75, 3.05) is 22.5 Å². The normalized spacial score (nSPS) is 15.0. The van der Waals surface area contributed by atoms with Gasteiger partial charge in [-0.1, -0.05) is 29.8 Å². The number of anilines is 2. The molecule has 5 rings (SSSR count). The Morgan fingerprint density at radius 2 is 1.94 bits per heavy atom. The topological polar surface area (TPSA) is 105 Å². The van der Waals surface area contributed by atoms with Gasteiger partial charge in [-0.25, -0.2) is 18.4 Å². The fourth-order valence-electron chi connectivity index (χ4n) is 3.95. The van der Waals surface area contributed by atoms with Crippen LogP contribution in [0.1, 0.15) is 21.6 Å². The third kappa shape index (κ3) is 4.14. The Morgan fingerprint density at radius 3 is 2.76 bits per heavy atom. The molecule has 0 saturated carbocycles. The molecular weight excluding hydrogens is 438 g/mol. The molecule has 0 radical (unpaired) electrons.